The molecule has 2 aliphatic carbocycles. The molecule has 4 aromatic rings. The zero-order chi connectivity index (χ0) is 52.0. The number of hydrogen-bond donors (Lipinski definition) is 5. The van der Waals surface area contributed by atoms with Crippen LogP contribution >= 0.6 is 35.6 Å². The third-order valence-electron chi connectivity index (χ3n) is 14.9. The number of methoxy groups -OCH3 is 7. The first-order valence-corrected chi connectivity index (χ1v) is 26.0. The Morgan fingerprint density at radius 1 is 0.541 bits per heavy atom. The second-order valence-corrected chi connectivity index (χ2v) is 20.3. The number of carbonyl (C=O) groups excluding carboxylic acids is 2. The van der Waals surface area contributed by atoms with Crippen LogP contribution in [0.15, 0.2) is 72.8 Å². The van der Waals surface area contributed by atoms with Gasteiger partial charge in [0.05, 0.1) is 66.2 Å². The molecule has 4 fully saturated rings. The van der Waals surface area contributed by atoms with Crippen molar-refractivity contribution in [3.05, 3.63) is 94.0 Å². The van der Waals surface area contributed by atoms with Gasteiger partial charge >= 0.3 is 12.1 Å². The van der Waals surface area contributed by atoms with E-state index in [9.17, 15) is 14.7 Å². The quantitative estimate of drug-likeness (QED) is 0.0679. The van der Waals surface area contributed by atoms with Crippen molar-refractivity contribution >= 4 is 59.0 Å². The fourth-order valence-electron chi connectivity index (χ4n) is 11.1. The highest BCUT2D eigenvalue weighted by atomic mass is 35.5. The number of nitrogens with one attached hydrogen (secondary N) is 4. The second-order valence-electron chi connectivity index (χ2n) is 19.4. The van der Waals surface area contributed by atoms with E-state index in [1.807, 2.05) is 24.3 Å². The molecule has 0 unspecified atom stereocenters. The van der Waals surface area contributed by atoms with Crippen molar-refractivity contribution in [2.24, 2.45) is 11.8 Å². The first kappa shape index (κ1) is 58.2. The second kappa shape index (κ2) is 28.2. The minimum absolute atomic E-state index is 0. The SMILES string of the molecule is COc1cc(NC(=O)N[C@@H]2C[C@H](O)C[C@H]2N2CCC(Cc3ccc(Cl)cc3)CC2)cc(OC)c1OC.COc1cc(NC(=O)N[C@@H]2C[C@H](OC)C[C@H]2N2CCC(Cc3ccc(Cl)cc3)CC2)cc(OC)c1OC.Cl. The number of hydrogen-bond acceptors (Lipinski definition) is 12. The molecule has 5 N–H and O–H groups in total. The molecule has 74 heavy (non-hydrogen) atoms. The van der Waals surface area contributed by atoms with Crippen LogP contribution in [0.5, 0.6) is 34.5 Å². The zero-order valence-corrected chi connectivity index (χ0v) is 46.0. The molecule has 2 saturated heterocycles. The molecule has 6 atom stereocenters. The van der Waals surface area contributed by atoms with Gasteiger partial charge in [-0.05, 0) is 138 Å². The number of urea groups is 2. The average molecular weight is 1090 g/mol. The topological polar surface area (TPSA) is 174 Å². The van der Waals surface area contributed by atoms with Gasteiger partial charge in [-0.2, -0.15) is 0 Å². The van der Waals surface area contributed by atoms with Crippen molar-refractivity contribution in [1.29, 1.82) is 0 Å². The summed E-state index contributed by atoms with van der Waals surface area (Å²) in [4.78, 5) is 30.9. The molecule has 8 rings (SSSR count). The number of rotatable bonds is 17. The molecule has 4 aliphatic rings. The van der Waals surface area contributed by atoms with Gasteiger partial charge in [0.15, 0.2) is 23.0 Å². The molecule has 16 nitrogen and oxygen atoms in total. The van der Waals surface area contributed by atoms with E-state index in [0.29, 0.717) is 70.5 Å². The molecule has 2 saturated carbocycles. The number of aliphatic hydroxyl groups excluding tert-OH is 1. The number of likely N-dealkylation sites (tertiary alicyclic amines) is 2. The van der Waals surface area contributed by atoms with Gasteiger partial charge in [0, 0.05) is 65.6 Å². The van der Waals surface area contributed by atoms with E-state index in [0.717, 1.165) is 87.6 Å². The third kappa shape index (κ3) is 15.5. The van der Waals surface area contributed by atoms with Gasteiger partial charge in [-0.3, -0.25) is 9.80 Å². The fraction of sp³-hybridized carbons (Fsp3) is 0.527. The van der Waals surface area contributed by atoms with E-state index in [2.05, 4.69) is 55.3 Å². The van der Waals surface area contributed by atoms with E-state index in [1.165, 1.54) is 32.5 Å². The molecule has 0 aromatic heterocycles. The van der Waals surface area contributed by atoms with Crippen molar-refractivity contribution in [2.45, 2.75) is 101 Å². The van der Waals surface area contributed by atoms with Gasteiger partial charge in [0.2, 0.25) is 11.5 Å². The molecule has 2 heterocycles. The minimum Gasteiger partial charge on any atom is -0.493 e. The molecule has 0 spiro atoms. The molecular weight excluding hydrogens is 1010 g/mol. The van der Waals surface area contributed by atoms with E-state index in [4.69, 9.17) is 56.4 Å². The van der Waals surface area contributed by atoms with Gasteiger partial charge in [-0.25, -0.2) is 9.59 Å². The van der Waals surface area contributed by atoms with Crippen LogP contribution < -0.4 is 49.7 Å². The molecule has 2 aliphatic heterocycles. The van der Waals surface area contributed by atoms with E-state index in [-0.39, 0.29) is 54.7 Å². The van der Waals surface area contributed by atoms with E-state index in [1.54, 1.807) is 52.7 Å². The summed E-state index contributed by atoms with van der Waals surface area (Å²) in [5, 5.41) is 24.0. The van der Waals surface area contributed by atoms with E-state index >= 15 is 0 Å². The van der Waals surface area contributed by atoms with Crippen LogP contribution in [0.4, 0.5) is 21.0 Å². The maximum Gasteiger partial charge on any atom is 0.319 e. The van der Waals surface area contributed by atoms with Crippen molar-refractivity contribution in [1.82, 2.24) is 20.4 Å². The molecule has 4 amide bonds. The van der Waals surface area contributed by atoms with Gasteiger partial charge in [0.1, 0.15) is 0 Å². The lowest BCUT2D eigenvalue weighted by molar-refractivity contribution is 0.0859. The van der Waals surface area contributed by atoms with Crippen molar-refractivity contribution < 1.29 is 47.9 Å². The maximum absolute atomic E-state index is 13.0. The highest BCUT2D eigenvalue weighted by molar-refractivity contribution is 6.30. The summed E-state index contributed by atoms with van der Waals surface area (Å²) >= 11 is 12.1. The summed E-state index contributed by atoms with van der Waals surface area (Å²) < 4.78 is 38.0. The van der Waals surface area contributed by atoms with Crippen LogP contribution in [-0.4, -0.2) is 139 Å². The molecule has 4 aromatic carbocycles. The highest BCUT2D eigenvalue weighted by Crippen LogP contribution is 2.42. The number of halogens is 3. The Labute approximate surface area is 452 Å². The Morgan fingerprint density at radius 3 is 1.26 bits per heavy atom. The summed E-state index contributed by atoms with van der Waals surface area (Å²) in [7, 11) is 11.0. The number of benzene rings is 4. The first-order chi connectivity index (χ1) is 35.3. The predicted molar refractivity (Wildman–Crippen MR) is 293 cm³/mol. The Bertz CT molecular complexity index is 2360. The lowest BCUT2D eigenvalue weighted by Crippen LogP contribution is -2.52. The number of amides is 4. The first-order valence-electron chi connectivity index (χ1n) is 25.3. The largest absolute Gasteiger partial charge is 0.493 e. The number of nitrogens with zero attached hydrogens (tertiary/aromatic N) is 2. The van der Waals surface area contributed by atoms with Crippen LogP contribution in [0.2, 0.25) is 10.0 Å². The van der Waals surface area contributed by atoms with Crippen molar-refractivity contribution in [3.8, 4) is 34.5 Å². The summed E-state index contributed by atoms with van der Waals surface area (Å²) in [5.74, 6) is 4.12. The summed E-state index contributed by atoms with van der Waals surface area (Å²) in [6.45, 7) is 3.96. The molecule has 0 bridgehead atoms. The lowest BCUT2D eigenvalue weighted by Gasteiger charge is -2.38. The number of ether oxygens (including phenoxy) is 7. The van der Waals surface area contributed by atoms with Gasteiger partial charge in [0.25, 0.3) is 0 Å². The van der Waals surface area contributed by atoms with Crippen LogP contribution in [0.25, 0.3) is 0 Å². The summed E-state index contributed by atoms with van der Waals surface area (Å²) in [5.41, 5.74) is 3.75. The third-order valence-corrected chi connectivity index (χ3v) is 15.4. The number of carbonyl (C=O) groups is 2. The summed E-state index contributed by atoms with van der Waals surface area (Å²) in [6, 6.07) is 22.7. The lowest BCUT2D eigenvalue weighted by atomic mass is 9.89. The monoisotopic (exact) mass is 1080 g/mol. The highest BCUT2D eigenvalue weighted by Gasteiger charge is 2.41. The van der Waals surface area contributed by atoms with Crippen LogP contribution in [0.1, 0.15) is 62.5 Å². The zero-order valence-electron chi connectivity index (χ0n) is 43.6. The Balaban J connectivity index is 0.000000238. The Morgan fingerprint density at radius 2 is 0.905 bits per heavy atom. The van der Waals surface area contributed by atoms with E-state index < -0.39 is 6.10 Å². The Hall–Kier alpha value is -5.07. The molecular formula is C55H75Cl3N6O10. The maximum atomic E-state index is 13.0. The standard InChI is InChI=1S/C28H38ClN3O5.C27H36ClN3O5.ClH/c1-34-22-16-23(31-28(33)30-21-14-25(35-2)27(37-4)26(15-21)36-3)24(17-22)32-11-9-19(10-12-32)13-18-5-7-20(29)8-6-18;1-34-24-13-20(14-25(35-2)26(24)36-3)29-27(33)30-22-15-21(32)16-23(22)31-10-8-18(9-11-31)12-17-4-6-19(28)7-5-17;/h5-8,14-15,19,22-24H,9-13,16-17H2,1-4H3,(H2,30,31,33);4-7,13-14,18,21-23,32H,8-12,15-16H2,1-3H3,(H2,29,30,33);1H/t22-,23+,24+;21-,22+,23+;/m00./s1. The molecule has 19 heteroatoms. The van der Waals surface area contributed by atoms with Crippen molar-refractivity contribution in [2.75, 3.05) is 86.6 Å². The van der Waals surface area contributed by atoms with Crippen LogP contribution in [-0.2, 0) is 17.6 Å². The fourth-order valence-corrected chi connectivity index (χ4v) is 11.4. The number of anilines is 2. The predicted octanol–water partition coefficient (Wildman–Crippen LogP) is 9.74. The Kier molecular flexibility index (Phi) is 22.2. The number of aliphatic hydroxyl groups is 1. The van der Waals surface area contributed by atoms with Gasteiger partial charge in [-0.15, -0.1) is 12.4 Å². The van der Waals surface area contributed by atoms with Gasteiger partial charge in [-0.1, -0.05) is 47.5 Å². The summed E-state index contributed by atoms with van der Waals surface area (Å²) in [6.07, 6.45) is 9.21. The average Bonchev–Trinajstić information content (AvgIpc) is 3.99. The van der Waals surface area contributed by atoms with Crippen molar-refractivity contribution in [3.63, 3.8) is 0 Å². The number of piperidine rings is 2. The van der Waals surface area contributed by atoms with Crippen LogP contribution in [0.3, 0.4) is 0 Å². The molecule has 0 radical (unpaired) electrons. The van der Waals surface area contributed by atoms with Gasteiger partial charge < -0.3 is 59.5 Å². The normalized spacial score (nSPS) is 22.3. The smallest absolute Gasteiger partial charge is 0.319 e. The molecule has 406 valence electrons. The minimum atomic E-state index is -0.423. The van der Waals surface area contributed by atoms with Crippen LogP contribution in [0, 0.1) is 11.8 Å².